The third kappa shape index (κ3) is 3.20. The van der Waals surface area contributed by atoms with E-state index < -0.39 is 0 Å². The number of nitrogens with zero attached hydrogens (tertiary/aromatic N) is 2. The number of piperidine rings is 1. The van der Waals surface area contributed by atoms with E-state index >= 15 is 0 Å². The molecule has 5 heteroatoms. The molecule has 3 N–H and O–H groups in total. The molecule has 1 unspecified atom stereocenters. The minimum absolute atomic E-state index is 0.152. The van der Waals surface area contributed by atoms with E-state index in [2.05, 4.69) is 22.2 Å². The van der Waals surface area contributed by atoms with E-state index in [1.54, 1.807) is 18.2 Å². The minimum atomic E-state index is -0.152. The van der Waals surface area contributed by atoms with E-state index in [9.17, 15) is 4.79 Å². The summed E-state index contributed by atoms with van der Waals surface area (Å²) in [4.78, 5) is 18.2. The van der Waals surface area contributed by atoms with Gasteiger partial charge in [-0.25, -0.2) is 4.98 Å². The van der Waals surface area contributed by atoms with Gasteiger partial charge in [-0.1, -0.05) is 12.5 Å². The SMILES string of the molecule is CN1CCCCC1CNC(=O)c1cccc(N)n1. The van der Waals surface area contributed by atoms with Crippen LogP contribution in [0.4, 0.5) is 5.82 Å². The molecule has 1 amide bonds. The Hall–Kier alpha value is -1.62. The Morgan fingerprint density at radius 1 is 1.56 bits per heavy atom. The molecule has 1 aromatic heterocycles. The molecule has 1 aromatic rings. The van der Waals surface area contributed by atoms with Crippen LogP contribution in [0.15, 0.2) is 18.2 Å². The van der Waals surface area contributed by atoms with Crippen molar-refractivity contribution >= 4 is 11.7 Å². The highest BCUT2D eigenvalue weighted by atomic mass is 16.1. The second-order valence-electron chi connectivity index (χ2n) is 4.79. The Morgan fingerprint density at radius 2 is 2.39 bits per heavy atom. The molecule has 0 aliphatic carbocycles. The average molecular weight is 248 g/mol. The Bertz CT molecular complexity index is 421. The molecule has 0 saturated carbocycles. The summed E-state index contributed by atoms with van der Waals surface area (Å²) in [6, 6.07) is 5.52. The smallest absolute Gasteiger partial charge is 0.270 e. The van der Waals surface area contributed by atoms with Crippen LogP contribution < -0.4 is 11.1 Å². The van der Waals surface area contributed by atoms with Crippen molar-refractivity contribution in [1.29, 1.82) is 0 Å². The molecule has 1 atom stereocenters. The largest absolute Gasteiger partial charge is 0.384 e. The minimum Gasteiger partial charge on any atom is -0.384 e. The highest BCUT2D eigenvalue weighted by Gasteiger charge is 2.19. The van der Waals surface area contributed by atoms with Gasteiger partial charge in [0.15, 0.2) is 0 Å². The molecule has 0 aromatic carbocycles. The normalized spacial score (nSPS) is 20.6. The quantitative estimate of drug-likeness (QED) is 0.833. The number of pyridine rings is 1. The van der Waals surface area contributed by atoms with Gasteiger partial charge in [-0.05, 0) is 38.6 Å². The van der Waals surface area contributed by atoms with E-state index in [4.69, 9.17) is 5.73 Å². The number of nitrogens with two attached hydrogens (primary N) is 1. The molecule has 0 bridgehead atoms. The number of hydrogen-bond acceptors (Lipinski definition) is 4. The molecule has 2 rings (SSSR count). The molecule has 0 spiro atoms. The molecule has 2 heterocycles. The van der Waals surface area contributed by atoms with Crippen molar-refractivity contribution in [1.82, 2.24) is 15.2 Å². The van der Waals surface area contributed by atoms with Crippen LogP contribution >= 0.6 is 0 Å². The molecule has 18 heavy (non-hydrogen) atoms. The molecule has 0 radical (unpaired) electrons. The van der Waals surface area contributed by atoms with E-state index in [0.717, 1.165) is 13.0 Å². The number of anilines is 1. The number of likely N-dealkylation sites (N-methyl/N-ethyl adjacent to an activating group) is 1. The van der Waals surface area contributed by atoms with Crippen LogP contribution in [-0.4, -0.2) is 42.0 Å². The van der Waals surface area contributed by atoms with Crippen LogP contribution in [0.1, 0.15) is 29.8 Å². The zero-order valence-electron chi connectivity index (χ0n) is 10.7. The fourth-order valence-corrected chi connectivity index (χ4v) is 2.28. The predicted octanol–water partition coefficient (Wildman–Crippen LogP) is 0.878. The zero-order valence-corrected chi connectivity index (χ0v) is 10.7. The van der Waals surface area contributed by atoms with Crippen molar-refractivity contribution in [3.8, 4) is 0 Å². The lowest BCUT2D eigenvalue weighted by molar-refractivity contribution is 0.0923. The van der Waals surface area contributed by atoms with Crippen LogP contribution in [-0.2, 0) is 0 Å². The number of aromatic nitrogens is 1. The van der Waals surface area contributed by atoms with Gasteiger partial charge in [0.1, 0.15) is 11.5 Å². The summed E-state index contributed by atoms with van der Waals surface area (Å²) in [7, 11) is 2.11. The van der Waals surface area contributed by atoms with Crippen molar-refractivity contribution in [2.75, 3.05) is 25.9 Å². The summed E-state index contributed by atoms with van der Waals surface area (Å²) in [5, 5.41) is 2.93. The number of carbonyl (C=O) groups is 1. The van der Waals surface area contributed by atoms with Crippen molar-refractivity contribution in [2.45, 2.75) is 25.3 Å². The van der Waals surface area contributed by atoms with Gasteiger partial charge in [0.2, 0.25) is 0 Å². The molecular weight excluding hydrogens is 228 g/mol. The van der Waals surface area contributed by atoms with Crippen LogP contribution in [0, 0.1) is 0 Å². The molecule has 5 nitrogen and oxygen atoms in total. The third-order valence-electron chi connectivity index (χ3n) is 3.42. The zero-order chi connectivity index (χ0) is 13.0. The lowest BCUT2D eigenvalue weighted by atomic mass is 10.0. The maximum atomic E-state index is 11.9. The fraction of sp³-hybridized carbons (Fsp3) is 0.538. The van der Waals surface area contributed by atoms with E-state index in [1.165, 1.54) is 12.8 Å². The van der Waals surface area contributed by atoms with Crippen LogP contribution in [0.3, 0.4) is 0 Å². The van der Waals surface area contributed by atoms with Gasteiger partial charge in [-0.3, -0.25) is 4.79 Å². The van der Waals surface area contributed by atoms with Gasteiger partial charge in [-0.15, -0.1) is 0 Å². The summed E-state index contributed by atoms with van der Waals surface area (Å²) in [5.41, 5.74) is 5.94. The number of carbonyl (C=O) groups excluding carboxylic acids is 1. The lowest BCUT2D eigenvalue weighted by Gasteiger charge is -2.32. The molecular formula is C13H20N4O. The molecule has 1 fully saturated rings. The van der Waals surface area contributed by atoms with E-state index in [0.29, 0.717) is 24.1 Å². The maximum Gasteiger partial charge on any atom is 0.270 e. The summed E-state index contributed by atoms with van der Waals surface area (Å²) in [6.45, 7) is 1.78. The molecule has 98 valence electrons. The van der Waals surface area contributed by atoms with Gasteiger partial charge < -0.3 is 16.0 Å². The van der Waals surface area contributed by atoms with Crippen LogP contribution in [0.25, 0.3) is 0 Å². The fourth-order valence-electron chi connectivity index (χ4n) is 2.28. The van der Waals surface area contributed by atoms with Gasteiger partial charge in [-0.2, -0.15) is 0 Å². The van der Waals surface area contributed by atoms with Crippen LogP contribution in [0.5, 0.6) is 0 Å². The topological polar surface area (TPSA) is 71.2 Å². The van der Waals surface area contributed by atoms with Crippen LogP contribution in [0.2, 0.25) is 0 Å². The second kappa shape index (κ2) is 5.82. The van der Waals surface area contributed by atoms with E-state index in [1.807, 2.05) is 0 Å². The first kappa shape index (κ1) is 12.8. The van der Waals surface area contributed by atoms with E-state index in [-0.39, 0.29) is 5.91 Å². The summed E-state index contributed by atoms with van der Waals surface area (Å²) >= 11 is 0. The van der Waals surface area contributed by atoms with Gasteiger partial charge >= 0.3 is 0 Å². The van der Waals surface area contributed by atoms with Gasteiger partial charge in [0.05, 0.1) is 0 Å². The maximum absolute atomic E-state index is 11.9. The number of nitrogen functional groups attached to an aromatic ring is 1. The first-order valence-electron chi connectivity index (χ1n) is 6.38. The van der Waals surface area contributed by atoms with Crippen molar-refractivity contribution in [3.63, 3.8) is 0 Å². The molecule has 1 aliphatic rings. The monoisotopic (exact) mass is 248 g/mol. The first-order valence-corrected chi connectivity index (χ1v) is 6.38. The van der Waals surface area contributed by atoms with Crippen molar-refractivity contribution in [3.05, 3.63) is 23.9 Å². The van der Waals surface area contributed by atoms with Crippen molar-refractivity contribution in [2.24, 2.45) is 0 Å². The average Bonchev–Trinajstić information content (AvgIpc) is 2.37. The summed E-state index contributed by atoms with van der Waals surface area (Å²) in [5.74, 6) is 0.221. The predicted molar refractivity (Wildman–Crippen MR) is 71.3 cm³/mol. The highest BCUT2D eigenvalue weighted by molar-refractivity contribution is 5.92. The second-order valence-corrected chi connectivity index (χ2v) is 4.79. The number of likely N-dealkylation sites (tertiary alicyclic amines) is 1. The Kier molecular flexibility index (Phi) is 4.15. The summed E-state index contributed by atoms with van der Waals surface area (Å²) < 4.78 is 0. The number of nitrogens with one attached hydrogen (secondary N) is 1. The van der Waals surface area contributed by atoms with Gasteiger partial charge in [0.25, 0.3) is 5.91 Å². The molecule has 1 saturated heterocycles. The highest BCUT2D eigenvalue weighted by Crippen LogP contribution is 2.14. The Labute approximate surface area is 107 Å². The van der Waals surface area contributed by atoms with Gasteiger partial charge in [0, 0.05) is 12.6 Å². The third-order valence-corrected chi connectivity index (χ3v) is 3.42. The number of rotatable bonds is 3. The number of hydrogen-bond donors (Lipinski definition) is 2. The Balaban J connectivity index is 1.88. The Morgan fingerprint density at radius 3 is 3.11 bits per heavy atom. The standard InChI is InChI=1S/C13H20N4O/c1-17-8-3-2-5-10(17)9-15-13(18)11-6-4-7-12(14)16-11/h4,6-7,10H,2-3,5,8-9H2,1H3,(H2,14,16)(H,15,18). The molecule has 1 aliphatic heterocycles. The summed E-state index contributed by atoms with van der Waals surface area (Å²) in [6.07, 6.45) is 3.63. The lowest BCUT2D eigenvalue weighted by Crippen LogP contribution is -2.44. The van der Waals surface area contributed by atoms with Crippen molar-refractivity contribution < 1.29 is 4.79 Å². The first-order chi connectivity index (χ1) is 8.66. The number of amides is 1.